The molecule has 1 fully saturated rings. The summed E-state index contributed by atoms with van der Waals surface area (Å²) in [6.07, 6.45) is 2.09. The van der Waals surface area contributed by atoms with Gasteiger partial charge < -0.3 is 15.0 Å². The molecule has 3 heterocycles. The molecule has 0 bridgehead atoms. The average Bonchev–Trinajstić information content (AvgIpc) is 3.35. The Morgan fingerprint density at radius 1 is 1.07 bits per heavy atom. The molecule has 5 rings (SSSR count). The van der Waals surface area contributed by atoms with Gasteiger partial charge >= 0.3 is 5.97 Å². The molecule has 2 aromatic rings. The maximum absolute atomic E-state index is 13.3. The van der Waals surface area contributed by atoms with E-state index in [1.54, 1.807) is 0 Å². The molecule has 210 valence electrons. The van der Waals surface area contributed by atoms with Gasteiger partial charge in [-0.3, -0.25) is 9.69 Å². The van der Waals surface area contributed by atoms with Crippen LogP contribution < -0.4 is 5.32 Å². The van der Waals surface area contributed by atoms with E-state index in [-0.39, 0.29) is 18.4 Å². The van der Waals surface area contributed by atoms with E-state index in [0.29, 0.717) is 17.2 Å². The van der Waals surface area contributed by atoms with Crippen molar-refractivity contribution in [2.75, 3.05) is 20.2 Å². The molecule has 3 aliphatic heterocycles. The number of amidine groups is 1. The highest BCUT2D eigenvalue weighted by Gasteiger charge is 2.41. The van der Waals surface area contributed by atoms with Crippen LogP contribution in [0.3, 0.4) is 0 Å². The highest BCUT2D eigenvalue weighted by Crippen LogP contribution is 2.45. The summed E-state index contributed by atoms with van der Waals surface area (Å²) in [6.45, 7) is 9.03. The predicted molar refractivity (Wildman–Crippen MR) is 160 cm³/mol. The van der Waals surface area contributed by atoms with Crippen LogP contribution in [0.5, 0.6) is 0 Å². The second-order valence-corrected chi connectivity index (χ2v) is 11.8. The molecule has 40 heavy (non-hydrogen) atoms. The van der Waals surface area contributed by atoms with Crippen molar-refractivity contribution in [1.29, 1.82) is 0 Å². The number of allylic oxidation sites excluding steroid dienone is 1. The van der Waals surface area contributed by atoms with Crippen molar-refractivity contribution in [3.8, 4) is 0 Å². The Hall–Kier alpha value is -3.36. The summed E-state index contributed by atoms with van der Waals surface area (Å²) in [7, 11) is 1.40. The second kappa shape index (κ2) is 12.4. The molecular weight excluding hydrogens is 520 g/mol. The van der Waals surface area contributed by atoms with Crippen LogP contribution in [0.4, 0.5) is 0 Å². The topological polar surface area (TPSA) is 74.2 Å². The van der Waals surface area contributed by atoms with Gasteiger partial charge in [0.25, 0.3) is 0 Å². The van der Waals surface area contributed by atoms with Crippen LogP contribution in [0.15, 0.2) is 82.0 Å². The Bertz CT molecular complexity index is 1330. The van der Waals surface area contributed by atoms with Crippen LogP contribution in [0.1, 0.15) is 68.7 Å². The fourth-order valence-corrected chi connectivity index (χ4v) is 6.60. The van der Waals surface area contributed by atoms with Gasteiger partial charge in [0.05, 0.1) is 30.8 Å². The number of esters is 1. The Labute approximate surface area is 241 Å². The minimum Gasteiger partial charge on any atom is -0.466 e. The third-order valence-electron chi connectivity index (χ3n) is 7.87. The molecule has 7 nitrogen and oxygen atoms in total. The summed E-state index contributed by atoms with van der Waals surface area (Å²) in [5.41, 5.74) is 5.51. The SMILES string of the molecule is COC(=O)C1=C(C)N=C2SC=C(CC(=O)NC3CCN(Cc4ccccc4)CC3)N2[C@H]1c1ccc(C(C)C)cc1. The fraction of sp³-hybridized carbons (Fsp3) is 0.406. The number of aliphatic imine (C=N–C) groups is 1. The van der Waals surface area contributed by atoms with E-state index in [4.69, 9.17) is 9.73 Å². The van der Waals surface area contributed by atoms with E-state index in [0.717, 1.165) is 48.9 Å². The van der Waals surface area contributed by atoms with E-state index in [9.17, 15) is 9.59 Å². The van der Waals surface area contributed by atoms with E-state index < -0.39 is 12.0 Å². The van der Waals surface area contributed by atoms with Crippen molar-refractivity contribution in [3.63, 3.8) is 0 Å². The van der Waals surface area contributed by atoms with Gasteiger partial charge in [-0.2, -0.15) is 0 Å². The van der Waals surface area contributed by atoms with E-state index >= 15 is 0 Å². The number of hydrogen-bond acceptors (Lipinski definition) is 7. The minimum absolute atomic E-state index is 0.00518. The number of methoxy groups -OCH3 is 1. The summed E-state index contributed by atoms with van der Waals surface area (Å²) < 4.78 is 5.18. The summed E-state index contributed by atoms with van der Waals surface area (Å²) in [6, 6.07) is 18.6. The molecule has 3 aliphatic rings. The van der Waals surface area contributed by atoms with Gasteiger partial charge in [0.1, 0.15) is 0 Å². The molecule has 1 N–H and O–H groups in total. The lowest BCUT2D eigenvalue weighted by molar-refractivity contribution is -0.136. The molecule has 0 radical (unpaired) electrons. The normalized spacial score (nSPS) is 19.8. The Kier molecular flexibility index (Phi) is 8.76. The summed E-state index contributed by atoms with van der Waals surface area (Å²) in [5.74, 6) is -0.00260. The Morgan fingerprint density at radius 3 is 2.42 bits per heavy atom. The van der Waals surface area contributed by atoms with Crippen LogP contribution in [0.25, 0.3) is 0 Å². The van der Waals surface area contributed by atoms with Gasteiger partial charge in [-0.25, -0.2) is 9.79 Å². The second-order valence-electron chi connectivity index (χ2n) is 11.0. The molecule has 0 saturated carbocycles. The number of amides is 1. The first-order valence-corrected chi connectivity index (χ1v) is 14.9. The number of thioether (sulfide) groups is 1. The van der Waals surface area contributed by atoms with Crippen LogP contribution in [0.2, 0.25) is 0 Å². The van der Waals surface area contributed by atoms with Crippen LogP contribution in [-0.2, 0) is 20.9 Å². The molecule has 0 aromatic heterocycles. The Balaban J connectivity index is 1.27. The summed E-state index contributed by atoms with van der Waals surface area (Å²) in [4.78, 5) is 35.5. The van der Waals surface area contributed by atoms with Crippen molar-refractivity contribution in [3.05, 3.63) is 93.7 Å². The maximum atomic E-state index is 13.3. The number of likely N-dealkylation sites (tertiary alicyclic amines) is 1. The standard InChI is InChI=1S/C32H38N4O3S/c1-21(2)24-10-12-25(13-11-24)30-29(31(38)39-4)22(3)33-32-36(30)27(20-40-32)18-28(37)34-26-14-16-35(17-15-26)19-23-8-6-5-7-9-23/h5-13,20-21,26,30H,14-19H2,1-4H3,(H,34,37)/t30-/m0/s1. The summed E-state index contributed by atoms with van der Waals surface area (Å²) >= 11 is 1.50. The van der Waals surface area contributed by atoms with Crippen LogP contribution >= 0.6 is 11.8 Å². The van der Waals surface area contributed by atoms with Gasteiger partial charge in [0, 0.05) is 31.4 Å². The number of hydrogen-bond donors (Lipinski definition) is 1. The quantitative estimate of drug-likeness (QED) is 0.417. The van der Waals surface area contributed by atoms with Gasteiger partial charge in [-0.15, -0.1) is 0 Å². The van der Waals surface area contributed by atoms with Crippen LogP contribution in [-0.4, -0.2) is 53.1 Å². The van der Waals surface area contributed by atoms with Gasteiger partial charge in [0.2, 0.25) is 5.91 Å². The zero-order chi connectivity index (χ0) is 28.2. The minimum atomic E-state index is -0.406. The lowest BCUT2D eigenvalue weighted by atomic mass is 9.92. The lowest BCUT2D eigenvalue weighted by Crippen LogP contribution is -2.45. The van der Waals surface area contributed by atoms with Gasteiger partial charge in [-0.1, -0.05) is 80.2 Å². The predicted octanol–water partition coefficient (Wildman–Crippen LogP) is 5.73. The van der Waals surface area contributed by atoms with E-state index in [1.165, 1.54) is 30.0 Å². The largest absolute Gasteiger partial charge is 0.466 e. The first-order chi connectivity index (χ1) is 19.3. The third kappa shape index (κ3) is 6.18. The Morgan fingerprint density at radius 2 is 1.77 bits per heavy atom. The number of carbonyl (C=O) groups excluding carboxylic acids is 2. The number of benzene rings is 2. The molecule has 8 heteroatoms. The highest BCUT2D eigenvalue weighted by atomic mass is 32.2. The summed E-state index contributed by atoms with van der Waals surface area (Å²) in [5, 5.41) is 6.04. The number of rotatable bonds is 8. The van der Waals surface area contributed by atoms with Crippen molar-refractivity contribution in [1.82, 2.24) is 15.1 Å². The zero-order valence-electron chi connectivity index (χ0n) is 23.7. The monoisotopic (exact) mass is 558 g/mol. The number of carbonyl (C=O) groups is 2. The molecule has 1 saturated heterocycles. The van der Waals surface area contributed by atoms with Gasteiger partial charge in [-0.05, 0) is 47.8 Å². The lowest BCUT2D eigenvalue weighted by Gasteiger charge is -2.36. The molecule has 0 unspecified atom stereocenters. The molecule has 0 aliphatic carbocycles. The van der Waals surface area contributed by atoms with E-state index in [1.807, 2.05) is 23.3 Å². The maximum Gasteiger partial charge on any atom is 0.338 e. The number of piperidine rings is 1. The van der Waals surface area contributed by atoms with Crippen molar-refractivity contribution in [2.45, 2.75) is 64.6 Å². The van der Waals surface area contributed by atoms with Crippen molar-refractivity contribution >= 4 is 28.8 Å². The molecule has 0 spiro atoms. The molecule has 2 aromatic carbocycles. The first kappa shape index (κ1) is 28.2. The first-order valence-electron chi connectivity index (χ1n) is 14.0. The van der Waals surface area contributed by atoms with Crippen molar-refractivity contribution < 1.29 is 14.3 Å². The van der Waals surface area contributed by atoms with Crippen molar-refractivity contribution in [2.24, 2.45) is 4.99 Å². The molecular formula is C32H38N4O3S. The molecule has 1 atom stereocenters. The smallest absolute Gasteiger partial charge is 0.338 e. The fourth-order valence-electron chi connectivity index (χ4n) is 5.64. The number of fused-ring (bicyclic) bond motifs is 1. The number of nitrogens with zero attached hydrogens (tertiary/aromatic N) is 3. The molecule has 1 amide bonds. The van der Waals surface area contributed by atoms with Gasteiger partial charge in [0.15, 0.2) is 5.17 Å². The third-order valence-corrected chi connectivity index (χ3v) is 8.76. The zero-order valence-corrected chi connectivity index (χ0v) is 24.5. The number of nitrogens with one attached hydrogen (secondary N) is 1. The number of ether oxygens (including phenoxy) is 1. The average molecular weight is 559 g/mol. The van der Waals surface area contributed by atoms with Crippen LogP contribution in [0, 0.1) is 0 Å². The van der Waals surface area contributed by atoms with E-state index in [2.05, 4.69) is 72.6 Å². The highest BCUT2D eigenvalue weighted by molar-refractivity contribution is 8.16.